The topological polar surface area (TPSA) is 49.8 Å². The Kier molecular flexibility index (Phi) is 4.07. The van der Waals surface area contributed by atoms with Crippen molar-refractivity contribution in [1.29, 1.82) is 0 Å². The summed E-state index contributed by atoms with van der Waals surface area (Å²) in [6.45, 7) is 1.56. The molecular formula is C7H15NO3. The Bertz CT molecular complexity index is 126. The van der Waals surface area contributed by atoms with Gasteiger partial charge in [0.25, 0.3) is 0 Å². The van der Waals surface area contributed by atoms with E-state index in [9.17, 15) is 4.79 Å². The third kappa shape index (κ3) is 2.86. The molecule has 0 heterocycles. The van der Waals surface area contributed by atoms with Crippen LogP contribution in [0.4, 0.5) is 0 Å². The molecule has 0 radical (unpaired) electrons. The Hall–Kier alpha value is -0.610. The van der Waals surface area contributed by atoms with Crippen molar-refractivity contribution in [1.82, 2.24) is 4.90 Å². The number of hydrogen-bond acceptors (Lipinski definition) is 4. The van der Waals surface area contributed by atoms with Crippen LogP contribution in [0.1, 0.15) is 6.92 Å². The molecule has 0 aromatic carbocycles. The van der Waals surface area contributed by atoms with E-state index in [1.807, 2.05) is 0 Å². The molecule has 0 spiro atoms. The lowest BCUT2D eigenvalue weighted by atomic mass is 10.2. The molecule has 0 amide bonds. The van der Waals surface area contributed by atoms with Crippen molar-refractivity contribution in [2.24, 2.45) is 0 Å². The van der Waals surface area contributed by atoms with Gasteiger partial charge in [-0.25, -0.2) is 0 Å². The second-order valence-corrected chi connectivity index (χ2v) is 2.67. The highest BCUT2D eigenvalue weighted by Crippen LogP contribution is 2.01. The van der Waals surface area contributed by atoms with E-state index in [1.165, 1.54) is 7.11 Å². The van der Waals surface area contributed by atoms with Crippen molar-refractivity contribution in [2.75, 3.05) is 21.2 Å². The molecule has 11 heavy (non-hydrogen) atoms. The first-order valence-corrected chi connectivity index (χ1v) is 3.43. The van der Waals surface area contributed by atoms with Crippen LogP contribution in [0.25, 0.3) is 0 Å². The monoisotopic (exact) mass is 161 g/mol. The average Bonchev–Trinajstić information content (AvgIpc) is 1.85. The minimum absolute atomic E-state index is 0.412. The van der Waals surface area contributed by atoms with Crippen LogP contribution in [0, 0.1) is 0 Å². The average molecular weight is 161 g/mol. The van der Waals surface area contributed by atoms with E-state index in [2.05, 4.69) is 4.74 Å². The highest BCUT2D eigenvalue weighted by atomic mass is 16.5. The Morgan fingerprint density at radius 2 is 2.00 bits per heavy atom. The fourth-order valence-electron chi connectivity index (χ4n) is 0.960. The predicted octanol–water partition coefficient (Wildman–Crippen LogP) is -0.530. The van der Waals surface area contributed by atoms with E-state index < -0.39 is 18.1 Å². The lowest BCUT2D eigenvalue weighted by molar-refractivity contribution is -0.149. The molecule has 2 atom stereocenters. The predicted molar refractivity (Wildman–Crippen MR) is 41.2 cm³/mol. The largest absolute Gasteiger partial charge is 0.468 e. The number of carbonyl (C=O) groups is 1. The van der Waals surface area contributed by atoms with E-state index >= 15 is 0 Å². The minimum Gasteiger partial charge on any atom is -0.468 e. The standard InChI is InChI=1S/C7H15NO3/c1-5(9)6(8(2)3)7(10)11-4/h5-6,9H,1-4H3/t5-,6-/m1/s1. The summed E-state index contributed by atoms with van der Waals surface area (Å²) in [5.74, 6) is -0.412. The molecule has 0 saturated heterocycles. The molecule has 0 unspecified atom stereocenters. The molecule has 0 rings (SSSR count). The number of aliphatic hydroxyl groups is 1. The Labute approximate surface area is 66.8 Å². The highest BCUT2D eigenvalue weighted by molar-refractivity contribution is 5.76. The van der Waals surface area contributed by atoms with Crippen LogP contribution in [-0.2, 0) is 9.53 Å². The van der Waals surface area contributed by atoms with Gasteiger partial charge in [0.1, 0.15) is 6.04 Å². The zero-order valence-electron chi connectivity index (χ0n) is 7.37. The second-order valence-electron chi connectivity index (χ2n) is 2.67. The number of nitrogens with zero attached hydrogens (tertiary/aromatic N) is 1. The smallest absolute Gasteiger partial charge is 0.325 e. The Morgan fingerprint density at radius 1 is 1.55 bits per heavy atom. The van der Waals surface area contributed by atoms with E-state index in [0.29, 0.717) is 0 Å². The third-order valence-corrected chi connectivity index (χ3v) is 1.46. The molecule has 0 saturated carbocycles. The van der Waals surface area contributed by atoms with Crippen LogP contribution < -0.4 is 0 Å². The van der Waals surface area contributed by atoms with Crippen LogP contribution in [0.15, 0.2) is 0 Å². The van der Waals surface area contributed by atoms with Crippen LogP contribution in [-0.4, -0.2) is 49.3 Å². The number of aliphatic hydroxyl groups excluding tert-OH is 1. The zero-order valence-corrected chi connectivity index (χ0v) is 7.37. The van der Waals surface area contributed by atoms with Gasteiger partial charge in [-0.3, -0.25) is 9.69 Å². The van der Waals surface area contributed by atoms with Gasteiger partial charge >= 0.3 is 5.97 Å². The lowest BCUT2D eigenvalue weighted by Gasteiger charge is -2.23. The second kappa shape index (κ2) is 4.31. The van der Waals surface area contributed by atoms with Crippen molar-refractivity contribution in [3.8, 4) is 0 Å². The van der Waals surface area contributed by atoms with Crippen molar-refractivity contribution in [2.45, 2.75) is 19.1 Å². The van der Waals surface area contributed by atoms with Crippen LogP contribution in [0.3, 0.4) is 0 Å². The third-order valence-electron chi connectivity index (χ3n) is 1.46. The van der Waals surface area contributed by atoms with E-state index in [-0.39, 0.29) is 0 Å². The number of carbonyl (C=O) groups excluding carboxylic acids is 1. The van der Waals surface area contributed by atoms with Gasteiger partial charge in [0.05, 0.1) is 13.2 Å². The van der Waals surface area contributed by atoms with E-state index in [0.717, 1.165) is 0 Å². The fraction of sp³-hybridized carbons (Fsp3) is 0.857. The quantitative estimate of drug-likeness (QED) is 0.565. The first kappa shape index (κ1) is 10.4. The number of hydrogen-bond donors (Lipinski definition) is 1. The van der Waals surface area contributed by atoms with Crippen LogP contribution in [0.5, 0.6) is 0 Å². The molecule has 0 aliphatic rings. The normalized spacial score (nSPS) is 16.2. The summed E-state index contributed by atoms with van der Waals surface area (Å²) in [6.07, 6.45) is -0.711. The van der Waals surface area contributed by atoms with Crippen LogP contribution >= 0.6 is 0 Å². The Balaban J connectivity index is 4.22. The van der Waals surface area contributed by atoms with Gasteiger partial charge in [0, 0.05) is 0 Å². The molecule has 0 fully saturated rings. The first-order valence-electron chi connectivity index (χ1n) is 3.43. The van der Waals surface area contributed by atoms with Gasteiger partial charge in [-0.2, -0.15) is 0 Å². The van der Waals surface area contributed by atoms with Gasteiger partial charge in [-0.1, -0.05) is 0 Å². The molecule has 0 bridgehead atoms. The number of ether oxygens (including phenoxy) is 1. The summed E-state index contributed by atoms with van der Waals surface area (Å²) in [7, 11) is 4.74. The van der Waals surface area contributed by atoms with Gasteiger partial charge in [-0.05, 0) is 21.0 Å². The summed E-state index contributed by atoms with van der Waals surface area (Å²) in [4.78, 5) is 12.6. The minimum atomic E-state index is -0.711. The molecule has 0 aliphatic carbocycles. The molecule has 1 N–H and O–H groups in total. The molecule has 0 aromatic heterocycles. The lowest BCUT2D eigenvalue weighted by Crippen LogP contribution is -2.44. The van der Waals surface area contributed by atoms with Gasteiger partial charge in [0.15, 0.2) is 0 Å². The summed E-state index contributed by atoms with van der Waals surface area (Å²) in [6, 6.07) is -0.569. The van der Waals surface area contributed by atoms with Crippen molar-refractivity contribution in [3.63, 3.8) is 0 Å². The van der Waals surface area contributed by atoms with Crippen molar-refractivity contribution < 1.29 is 14.6 Å². The zero-order chi connectivity index (χ0) is 9.02. The summed E-state index contributed by atoms with van der Waals surface area (Å²) < 4.78 is 4.49. The number of methoxy groups -OCH3 is 1. The molecule has 0 aromatic rings. The SMILES string of the molecule is COC(=O)[C@@H]([C@@H](C)O)N(C)C. The fourth-order valence-corrected chi connectivity index (χ4v) is 0.960. The maximum atomic E-state index is 11.0. The van der Waals surface area contributed by atoms with Crippen molar-refractivity contribution in [3.05, 3.63) is 0 Å². The number of rotatable bonds is 3. The van der Waals surface area contributed by atoms with Gasteiger partial charge < -0.3 is 9.84 Å². The number of likely N-dealkylation sites (N-methyl/N-ethyl adjacent to an activating group) is 1. The maximum absolute atomic E-state index is 11.0. The Morgan fingerprint density at radius 3 is 2.09 bits per heavy atom. The first-order chi connectivity index (χ1) is 5.00. The maximum Gasteiger partial charge on any atom is 0.325 e. The molecule has 4 nitrogen and oxygen atoms in total. The summed E-state index contributed by atoms with van der Waals surface area (Å²) >= 11 is 0. The van der Waals surface area contributed by atoms with E-state index in [4.69, 9.17) is 5.11 Å². The van der Waals surface area contributed by atoms with Gasteiger partial charge in [0.2, 0.25) is 0 Å². The van der Waals surface area contributed by atoms with Crippen LogP contribution in [0.2, 0.25) is 0 Å². The van der Waals surface area contributed by atoms with E-state index in [1.54, 1.807) is 25.9 Å². The molecule has 4 heteroatoms. The number of esters is 1. The molecule has 66 valence electrons. The summed E-state index contributed by atoms with van der Waals surface area (Å²) in [5, 5.41) is 9.14. The summed E-state index contributed by atoms with van der Waals surface area (Å²) in [5.41, 5.74) is 0. The molecule has 0 aliphatic heterocycles. The molecular weight excluding hydrogens is 146 g/mol. The van der Waals surface area contributed by atoms with Gasteiger partial charge in [-0.15, -0.1) is 0 Å². The van der Waals surface area contributed by atoms with Crippen molar-refractivity contribution >= 4 is 5.97 Å². The highest BCUT2D eigenvalue weighted by Gasteiger charge is 2.26.